The van der Waals surface area contributed by atoms with Crippen LogP contribution in [-0.2, 0) is 14.6 Å². The summed E-state index contributed by atoms with van der Waals surface area (Å²) in [5.74, 6) is 0. The fourth-order valence-corrected chi connectivity index (χ4v) is 3.28. The molecular weight excluding hydrogens is 200 g/mol. The average Bonchev–Trinajstić information content (AvgIpc) is 2.39. The van der Waals surface area contributed by atoms with Gasteiger partial charge in [0.1, 0.15) is 0 Å². The van der Waals surface area contributed by atoms with Gasteiger partial charge in [-0.15, -0.1) is 0 Å². The van der Waals surface area contributed by atoms with E-state index in [2.05, 4.69) is 0 Å². The lowest BCUT2D eigenvalue weighted by Gasteiger charge is -2.02. The van der Waals surface area contributed by atoms with Crippen molar-refractivity contribution in [1.29, 1.82) is 0 Å². The Morgan fingerprint density at radius 2 is 2.00 bits per heavy atom. The van der Waals surface area contributed by atoms with Crippen LogP contribution in [0.4, 0.5) is 0 Å². The summed E-state index contributed by atoms with van der Waals surface area (Å²) in [4.78, 5) is 10.9. The summed E-state index contributed by atoms with van der Waals surface area (Å²) in [5.41, 5.74) is 1.43. The van der Waals surface area contributed by atoms with Gasteiger partial charge in [0.2, 0.25) is 9.84 Å². The molecule has 1 aromatic rings. The number of fused-ring (bicyclic) bond motifs is 1. The van der Waals surface area contributed by atoms with Crippen molar-refractivity contribution in [3.05, 3.63) is 34.7 Å². The van der Waals surface area contributed by atoms with E-state index in [0.717, 1.165) is 5.41 Å². The van der Waals surface area contributed by atoms with Gasteiger partial charge in [-0.2, -0.15) is 0 Å². The van der Waals surface area contributed by atoms with Crippen molar-refractivity contribution >= 4 is 21.7 Å². The van der Waals surface area contributed by atoms with E-state index in [9.17, 15) is 13.2 Å². The third-order valence-corrected chi connectivity index (χ3v) is 3.89. The van der Waals surface area contributed by atoms with Crippen LogP contribution in [0.1, 0.15) is 11.1 Å². The number of sulfone groups is 1. The van der Waals surface area contributed by atoms with Crippen molar-refractivity contribution in [2.45, 2.75) is 11.8 Å². The topological polar surface area (TPSA) is 51.2 Å². The molecule has 0 saturated heterocycles. The highest BCUT2D eigenvalue weighted by molar-refractivity contribution is 7.95. The molecule has 0 unspecified atom stereocenters. The first-order valence-corrected chi connectivity index (χ1v) is 5.63. The maximum Gasteiger partial charge on any atom is 0.201 e. The lowest BCUT2D eigenvalue weighted by atomic mass is 10.1. The van der Waals surface area contributed by atoms with Crippen LogP contribution in [0.25, 0.3) is 5.57 Å². The smallest absolute Gasteiger partial charge is 0.201 e. The van der Waals surface area contributed by atoms with Crippen molar-refractivity contribution in [2.24, 2.45) is 0 Å². The van der Waals surface area contributed by atoms with Gasteiger partial charge < -0.3 is 0 Å². The van der Waals surface area contributed by atoms with Gasteiger partial charge in [0.05, 0.1) is 4.90 Å². The molecule has 14 heavy (non-hydrogen) atoms. The monoisotopic (exact) mass is 208 g/mol. The molecule has 0 bridgehead atoms. The normalized spacial score (nSPS) is 17.4. The molecular formula is C10H8O3S. The maximum atomic E-state index is 11.6. The van der Waals surface area contributed by atoms with E-state index < -0.39 is 9.84 Å². The van der Waals surface area contributed by atoms with Gasteiger partial charge in [-0.1, -0.05) is 18.2 Å². The molecule has 0 saturated carbocycles. The van der Waals surface area contributed by atoms with Crippen LogP contribution in [0.15, 0.2) is 28.5 Å². The molecule has 4 heteroatoms. The highest BCUT2D eigenvalue weighted by atomic mass is 32.2. The first-order valence-electron chi connectivity index (χ1n) is 4.08. The zero-order valence-corrected chi connectivity index (χ0v) is 8.34. The van der Waals surface area contributed by atoms with E-state index in [1.54, 1.807) is 25.1 Å². The van der Waals surface area contributed by atoms with Crippen molar-refractivity contribution in [2.75, 3.05) is 0 Å². The van der Waals surface area contributed by atoms with Crippen LogP contribution in [0, 0.1) is 6.92 Å². The van der Waals surface area contributed by atoms with Gasteiger partial charge in [0.25, 0.3) is 0 Å². The summed E-state index contributed by atoms with van der Waals surface area (Å²) in [6.45, 7) is 1.72. The summed E-state index contributed by atoms with van der Waals surface area (Å²) < 4.78 is 23.2. The van der Waals surface area contributed by atoms with Gasteiger partial charge in [-0.3, -0.25) is 4.79 Å². The average molecular weight is 208 g/mol. The molecule has 1 aliphatic rings. The number of benzene rings is 1. The third-order valence-electron chi connectivity index (χ3n) is 2.22. The summed E-state index contributed by atoms with van der Waals surface area (Å²) >= 11 is 0. The Kier molecular flexibility index (Phi) is 1.82. The first kappa shape index (κ1) is 9.15. The summed E-state index contributed by atoms with van der Waals surface area (Å²) in [6.07, 6.45) is 0.572. The van der Waals surface area contributed by atoms with Crippen molar-refractivity contribution in [3.63, 3.8) is 0 Å². The second-order valence-corrected chi connectivity index (χ2v) is 4.92. The van der Waals surface area contributed by atoms with Crippen LogP contribution in [0.5, 0.6) is 0 Å². The zero-order chi connectivity index (χ0) is 10.3. The van der Waals surface area contributed by atoms with Crippen molar-refractivity contribution in [3.8, 4) is 0 Å². The molecule has 3 nitrogen and oxygen atoms in total. The molecule has 1 heterocycles. The van der Waals surface area contributed by atoms with E-state index in [0.29, 0.717) is 17.4 Å². The maximum absolute atomic E-state index is 11.6. The summed E-state index contributed by atoms with van der Waals surface area (Å²) in [7, 11) is -3.39. The molecule has 0 aliphatic carbocycles. The zero-order valence-electron chi connectivity index (χ0n) is 7.52. The Morgan fingerprint density at radius 3 is 2.64 bits per heavy atom. The van der Waals surface area contributed by atoms with Gasteiger partial charge in [-0.25, -0.2) is 8.42 Å². The molecule has 0 fully saturated rings. The van der Waals surface area contributed by atoms with Gasteiger partial charge in [-0.05, 0) is 12.5 Å². The number of carbonyl (C=O) groups excluding carboxylic acids is 1. The van der Waals surface area contributed by atoms with Crippen LogP contribution in [-0.4, -0.2) is 14.7 Å². The van der Waals surface area contributed by atoms with Crippen LogP contribution in [0.2, 0.25) is 0 Å². The Balaban J connectivity index is 2.88. The standard InChI is InChI=1S/C10H8O3S/c1-7-3-2-4-9-8(5-11)6-14(12,13)10(7)9/h2-6H,1H3. The Labute approximate surface area is 82.0 Å². The van der Waals surface area contributed by atoms with Gasteiger partial charge in [0.15, 0.2) is 6.29 Å². The number of aryl methyl sites for hydroxylation is 1. The molecule has 0 aromatic heterocycles. The molecule has 0 amide bonds. The van der Waals surface area contributed by atoms with Crippen molar-refractivity contribution in [1.82, 2.24) is 0 Å². The van der Waals surface area contributed by atoms with E-state index in [4.69, 9.17) is 0 Å². The predicted molar refractivity (Wildman–Crippen MR) is 52.4 cm³/mol. The van der Waals surface area contributed by atoms with Crippen LogP contribution in [0.3, 0.4) is 0 Å². The molecule has 1 aromatic carbocycles. The minimum atomic E-state index is -3.39. The minimum absolute atomic E-state index is 0.240. The predicted octanol–water partition coefficient (Wildman–Crippen LogP) is 1.32. The Bertz CT molecular complexity index is 538. The number of hydrogen-bond acceptors (Lipinski definition) is 3. The molecule has 0 N–H and O–H groups in total. The molecule has 0 atom stereocenters. The lowest BCUT2D eigenvalue weighted by Crippen LogP contribution is -1.96. The first-order chi connectivity index (χ1) is 6.56. The Hall–Kier alpha value is -1.42. The van der Waals surface area contributed by atoms with Crippen LogP contribution >= 0.6 is 0 Å². The van der Waals surface area contributed by atoms with E-state index in [1.165, 1.54) is 0 Å². The number of rotatable bonds is 1. The molecule has 2 rings (SSSR count). The second kappa shape index (κ2) is 2.78. The number of aldehydes is 1. The molecule has 0 radical (unpaired) electrons. The van der Waals surface area contributed by atoms with Gasteiger partial charge >= 0.3 is 0 Å². The van der Waals surface area contributed by atoms with E-state index in [-0.39, 0.29) is 10.5 Å². The van der Waals surface area contributed by atoms with E-state index >= 15 is 0 Å². The van der Waals surface area contributed by atoms with E-state index in [1.807, 2.05) is 0 Å². The largest absolute Gasteiger partial charge is 0.298 e. The molecule has 0 spiro atoms. The summed E-state index contributed by atoms with van der Waals surface area (Å²) in [6, 6.07) is 5.11. The second-order valence-electron chi connectivity index (χ2n) is 3.19. The highest BCUT2D eigenvalue weighted by Gasteiger charge is 2.27. The van der Waals surface area contributed by atoms with Gasteiger partial charge in [0, 0.05) is 16.5 Å². The fraction of sp³-hybridized carbons (Fsp3) is 0.100. The highest BCUT2D eigenvalue weighted by Crippen LogP contribution is 2.34. The number of carbonyl (C=O) groups is 1. The summed E-state index contributed by atoms with van der Waals surface area (Å²) in [5, 5.41) is 1.03. The fourth-order valence-electron chi connectivity index (χ4n) is 1.64. The molecule has 72 valence electrons. The van der Waals surface area contributed by atoms with Crippen molar-refractivity contribution < 1.29 is 13.2 Å². The number of hydrogen-bond donors (Lipinski definition) is 0. The lowest BCUT2D eigenvalue weighted by molar-refractivity contribution is -0.103. The Morgan fingerprint density at radius 1 is 1.29 bits per heavy atom. The van der Waals surface area contributed by atoms with Crippen LogP contribution < -0.4 is 0 Å². The molecule has 1 aliphatic heterocycles. The quantitative estimate of drug-likeness (QED) is 0.654. The SMILES string of the molecule is Cc1cccc2c1S(=O)(=O)C=C2C=O. The third kappa shape index (κ3) is 1.11. The number of allylic oxidation sites excluding steroid dienone is 1. The minimum Gasteiger partial charge on any atom is -0.298 e.